The number of carbonyl (C=O) groups excluding carboxylic acids is 1. The molecule has 0 aliphatic rings. The highest BCUT2D eigenvalue weighted by molar-refractivity contribution is 9.09. The Morgan fingerprint density at radius 3 is 2.89 bits per heavy atom. The van der Waals surface area contributed by atoms with Crippen LogP contribution in [0.1, 0.15) is 35.8 Å². The van der Waals surface area contributed by atoms with Gasteiger partial charge in [0, 0.05) is 29.8 Å². The van der Waals surface area contributed by atoms with Crippen LogP contribution in [0.5, 0.6) is 0 Å². The van der Waals surface area contributed by atoms with Gasteiger partial charge in [0.1, 0.15) is 5.56 Å². The zero-order valence-corrected chi connectivity index (χ0v) is 12.3. The van der Waals surface area contributed by atoms with Crippen molar-refractivity contribution in [2.45, 2.75) is 26.7 Å². The second kappa shape index (κ2) is 7.36. The molecule has 1 atom stereocenters. The Morgan fingerprint density at radius 2 is 2.28 bits per heavy atom. The fourth-order valence-electron chi connectivity index (χ4n) is 1.58. The molecule has 0 radical (unpaired) electrons. The van der Waals surface area contributed by atoms with Gasteiger partial charge < -0.3 is 10.3 Å². The Hall–Kier alpha value is -1.10. The van der Waals surface area contributed by atoms with Crippen LogP contribution in [0.4, 0.5) is 0 Å². The van der Waals surface area contributed by atoms with E-state index in [1.165, 1.54) is 12.3 Å². The number of rotatable bonds is 6. The first-order chi connectivity index (χ1) is 8.54. The molecule has 0 bridgehead atoms. The summed E-state index contributed by atoms with van der Waals surface area (Å²) in [4.78, 5) is 26.2. The van der Waals surface area contributed by atoms with E-state index in [0.29, 0.717) is 12.5 Å². The van der Waals surface area contributed by atoms with Gasteiger partial charge in [-0.15, -0.1) is 0 Å². The van der Waals surface area contributed by atoms with Crippen molar-refractivity contribution in [1.29, 1.82) is 0 Å². The van der Waals surface area contributed by atoms with Crippen molar-refractivity contribution in [3.8, 4) is 0 Å². The number of alkyl halides is 1. The molecule has 0 spiro atoms. The number of hydrogen-bond donors (Lipinski definition) is 2. The van der Waals surface area contributed by atoms with Gasteiger partial charge in [-0.05, 0) is 25.7 Å². The van der Waals surface area contributed by atoms with Crippen molar-refractivity contribution in [3.63, 3.8) is 0 Å². The Balaban J connectivity index is 2.44. The Labute approximate surface area is 115 Å². The average molecular weight is 315 g/mol. The van der Waals surface area contributed by atoms with E-state index in [9.17, 15) is 9.59 Å². The maximum atomic E-state index is 11.8. The highest BCUT2D eigenvalue weighted by Gasteiger charge is 2.09. The van der Waals surface area contributed by atoms with Gasteiger partial charge in [-0.1, -0.05) is 22.9 Å². The zero-order chi connectivity index (χ0) is 13.5. The van der Waals surface area contributed by atoms with Crippen LogP contribution in [0.25, 0.3) is 0 Å². The van der Waals surface area contributed by atoms with E-state index in [4.69, 9.17) is 0 Å². The van der Waals surface area contributed by atoms with E-state index in [1.54, 1.807) is 6.92 Å². The summed E-state index contributed by atoms with van der Waals surface area (Å²) >= 11 is 3.42. The maximum absolute atomic E-state index is 11.8. The van der Waals surface area contributed by atoms with Crippen LogP contribution >= 0.6 is 15.9 Å². The van der Waals surface area contributed by atoms with Gasteiger partial charge in [0.25, 0.3) is 5.91 Å². The number of carbonyl (C=O) groups is 1. The first kappa shape index (κ1) is 15.0. The Morgan fingerprint density at radius 1 is 1.56 bits per heavy atom. The molecule has 1 unspecified atom stereocenters. The van der Waals surface area contributed by atoms with Crippen LogP contribution in [-0.2, 0) is 0 Å². The largest absolute Gasteiger partial charge is 0.364 e. The van der Waals surface area contributed by atoms with E-state index >= 15 is 0 Å². The van der Waals surface area contributed by atoms with Gasteiger partial charge in [-0.3, -0.25) is 9.59 Å². The quantitative estimate of drug-likeness (QED) is 0.624. The SMILES string of the molecule is Cc1cc(=O)c(C(=O)NCCCC(C)CBr)c[nH]1. The third kappa shape index (κ3) is 4.64. The number of aromatic amines is 1. The summed E-state index contributed by atoms with van der Waals surface area (Å²) in [7, 11) is 0. The standard InChI is InChI=1S/C13H19BrN2O2/c1-9(7-14)4-3-5-15-13(18)11-8-16-10(2)6-12(11)17/h6,8-9H,3-5,7H2,1-2H3,(H,15,18)(H,16,17). The number of aryl methyl sites for hydroxylation is 1. The lowest BCUT2D eigenvalue weighted by Gasteiger charge is -2.08. The van der Waals surface area contributed by atoms with E-state index in [-0.39, 0.29) is 16.9 Å². The smallest absolute Gasteiger partial charge is 0.256 e. The van der Waals surface area contributed by atoms with Crippen molar-refractivity contribution >= 4 is 21.8 Å². The van der Waals surface area contributed by atoms with Gasteiger partial charge in [0.05, 0.1) is 0 Å². The molecule has 100 valence electrons. The van der Waals surface area contributed by atoms with Crippen molar-refractivity contribution in [2.24, 2.45) is 5.92 Å². The van der Waals surface area contributed by atoms with Gasteiger partial charge in [0.15, 0.2) is 5.43 Å². The molecular formula is C13H19BrN2O2. The monoisotopic (exact) mass is 314 g/mol. The van der Waals surface area contributed by atoms with E-state index in [0.717, 1.165) is 23.9 Å². The van der Waals surface area contributed by atoms with Crippen molar-refractivity contribution < 1.29 is 4.79 Å². The molecule has 1 aromatic rings. The third-order valence-corrected chi connectivity index (χ3v) is 3.83. The number of nitrogens with one attached hydrogen (secondary N) is 2. The highest BCUT2D eigenvalue weighted by Crippen LogP contribution is 2.07. The fraction of sp³-hybridized carbons (Fsp3) is 0.538. The molecule has 1 heterocycles. The molecule has 0 aliphatic heterocycles. The first-order valence-corrected chi connectivity index (χ1v) is 7.20. The van der Waals surface area contributed by atoms with Crippen molar-refractivity contribution in [1.82, 2.24) is 10.3 Å². The Kier molecular flexibility index (Phi) is 6.12. The molecule has 2 N–H and O–H groups in total. The molecular weight excluding hydrogens is 296 g/mol. The van der Waals surface area contributed by atoms with Crippen molar-refractivity contribution in [2.75, 3.05) is 11.9 Å². The summed E-state index contributed by atoms with van der Waals surface area (Å²) in [5, 5.41) is 3.74. The van der Waals surface area contributed by atoms with Gasteiger partial charge >= 0.3 is 0 Å². The second-order valence-electron chi connectivity index (χ2n) is 4.55. The lowest BCUT2D eigenvalue weighted by molar-refractivity contribution is 0.0951. The predicted octanol–water partition coefficient (Wildman–Crippen LogP) is 2.22. The highest BCUT2D eigenvalue weighted by atomic mass is 79.9. The average Bonchev–Trinajstić information content (AvgIpc) is 2.34. The Bertz CT molecular complexity index is 457. The fourth-order valence-corrected chi connectivity index (χ4v) is 1.90. The summed E-state index contributed by atoms with van der Waals surface area (Å²) in [5.41, 5.74) is 0.689. The maximum Gasteiger partial charge on any atom is 0.256 e. The molecule has 0 saturated carbocycles. The number of H-pyrrole nitrogens is 1. The van der Waals surface area contributed by atoms with E-state index in [1.807, 2.05) is 0 Å². The summed E-state index contributed by atoms with van der Waals surface area (Å²) in [5.74, 6) is 0.299. The topological polar surface area (TPSA) is 62.0 Å². The normalized spacial score (nSPS) is 12.2. The molecule has 1 rings (SSSR count). The summed E-state index contributed by atoms with van der Waals surface area (Å²) < 4.78 is 0. The minimum absolute atomic E-state index is 0.175. The molecule has 1 amide bonds. The lowest BCUT2D eigenvalue weighted by Crippen LogP contribution is -2.29. The molecule has 0 fully saturated rings. The number of aromatic nitrogens is 1. The van der Waals surface area contributed by atoms with Crippen LogP contribution < -0.4 is 10.7 Å². The third-order valence-electron chi connectivity index (χ3n) is 2.72. The number of pyridine rings is 1. The number of amides is 1. The molecule has 18 heavy (non-hydrogen) atoms. The number of hydrogen-bond acceptors (Lipinski definition) is 2. The molecule has 4 nitrogen and oxygen atoms in total. The van der Waals surface area contributed by atoms with Crippen LogP contribution in [0.15, 0.2) is 17.1 Å². The summed E-state index contributed by atoms with van der Waals surface area (Å²) in [6.07, 6.45) is 3.44. The lowest BCUT2D eigenvalue weighted by atomic mass is 10.1. The second-order valence-corrected chi connectivity index (χ2v) is 5.20. The van der Waals surface area contributed by atoms with E-state index in [2.05, 4.69) is 33.2 Å². The molecule has 0 aromatic carbocycles. The molecule has 0 aliphatic carbocycles. The first-order valence-electron chi connectivity index (χ1n) is 6.08. The van der Waals surface area contributed by atoms with Gasteiger partial charge in [-0.2, -0.15) is 0 Å². The van der Waals surface area contributed by atoms with Crippen LogP contribution in [0, 0.1) is 12.8 Å². The van der Waals surface area contributed by atoms with E-state index < -0.39 is 0 Å². The van der Waals surface area contributed by atoms with Gasteiger partial charge in [0.2, 0.25) is 0 Å². The minimum atomic E-state index is -0.303. The molecule has 5 heteroatoms. The van der Waals surface area contributed by atoms with Crippen LogP contribution in [-0.4, -0.2) is 22.8 Å². The summed E-state index contributed by atoms with van der Waals surface area (Å²) in [6.45, 7) is 4.54. The summed E-state index contributed by atoms with van der Waals surface area (Å²) in [6, 6.07) is 1.43. The molecule has 0 saturated heterocycles. The zero-order valence-electron chi connectivity index (χ0n) is 10.8. The molecule has 1 aromatic heterocycles. The van der Waals surface area contributed by atoms with Crippen LogP contribution in [0.2, 0.25) is 0 Å². The van der Waals surface area contributed by atoms with Crippen molar-refractivity contribution in [3.05, 3.63) is 33.7 Å². The van der Waals surface area contributed by atoms with Gasteiger partial charge in [-0.25, -0.2) is 0 Å². The number of halogens is 1. The van der Waals surface area contributed by atoms with Crippen LogP contribution in [0.3, 0.4) is 0 Å². The minimum Gasteiger partial charge on any atom is -0.364 e. The predicted molar refractivity (Wildman–Crippen MR) is 76.3 cm³/mol.